The van der Waals surface area contributed by atoms with Gasteiger partial charge in [-0.2, -0.15) is 0 Å². The van der Waals surface area contributed by atoms with Gasteiger partial charge in [-0.25, -0.2) is 9.59 Å². The van der Waals surface area contributed by atoms with E-state index >= 15 is 4.79 Å². The average molecular weight is 964 g/mol. The van der Waals surface area contributed by atoms with E-state index in [1.165, 1.54) is 44.5 Å². The number of fused-ring (bicyclic) bond motifs is 10. The number of hydrogen-bond donors (Lipinski definition) is 0. The second-order valence-corrected chi connectivity index (χ2v) is 19.2. The Labute approximate surface area is 416 Å². The number of nitrogens with zero attached hydrogens (tertiary/aromatic N) is 4. The third-order valence-electron chi connectivity index (χ3n) is 14.8. The second-order valence-electron chi connectivity index (χ2n) is 18.6. The maximum atomic E-state index is 15.1. The van der Waals surface area contributed by atoms with E-state index in [1.54, 1.807) is 9.80 Å². The molecule has 2 aliphatic carbocycles. The van der Waals surface area contributed by atoms with Crippen molar-refractivity contribution in [1.29, 1.82) is 0 Å². The highest BCUT2D eigenvalue weighted by atomic mass is 35.5. The fourth-order valence-electron chi connectivity index (χ4n) is 11.3. The van der Waals surface area contributed by atoms with Crippen LogP contribution >= 0.6 is 23.2 Å². The third kappa shape index (κ3) is 7.59. The van der Waals surface area contributed by atoms with Crippen LogP contribution in [0, 0.1) is 0 Å². The standard InChI is InChI=1S/C59H48Cl2N4O5/c60-29-51(55-25-23-43-33-64(53-21-7-3-13-39(53)31-62(43)55)58(67)69-35-41-15-9-19-47-45-17-5-1-11-37(45)27-49(41)47)57(66)52(30-61)56-26-24-44-34-65(54-22-8-4-14-40(54)32-63(44)56)59(68)70-36-42-16-10-20-48-46-18-6-2-12-38(46)28-50(42)48/h1-26,51-52H,27-36H2. The molecule has 0 saturated carbocycles. The van der Waals surface area contributed by atoms with Crippen LogP contribution in [0.25, 0.3) is 22.3 Å². The van der Waals surface area contributed by atoms with Gasteiger partial charge in [-0.3, -0.25) is 14.6 Å². The van der Waals surface area contributed by atoms with Crippen LogP contribution < -0.4 is 9.80 Å². The Morgan fingerprint density at radius 1 is 0.443 bits per heavy atom. The molecule has 70 heavy (non-hydrogen) atoms. The van der Waals surface area contributed by atoms with E-state index in [4.69, 9.17) is 32.7 Å². The molecule has 0 fully saturated rings. The molecule has 9 nitrogen and oxygen atoms in total. The maximum absolute atomic E-state index is 15.1. The molecule has 2 aromatic heterocycles. The first-order valence-electron chi connectivity index (χ1n) is 23.8. The minimum Gasteiger partial charge on any atom is -0.444 e. The van der Waals surface area contributed by atoms with Crippen LogP contribution in [-0.2, 0) is 66.5 Å². The van der Waals surface area contributed by atoms with Crippen molar-refractivity contribution < 1.29 is 23.9 Å². The number of amides is 2. The highest BCUT2D eigenvalue weighted by Crippen LogP contribution is 2.41. The molecule has 8 aromatic rings. The van der Waals surface area contributed by atoms with Gasteiger partial charge in [0.25, 0.3) is 0 Å². The zero-order valence-corrected chi connectivity index (χ0v) is 39.8. The number of hydrogen-bond acceptors (Lipinski definition) is 5. The lowest BCUT2D eigenvalue weighted by atomic mass is 9.90. The monoisotopic (exact) mass is 962 g/mol. The Kier molecular flexibility index (Phi) is 11.4. The second kappa shape index (κ2) is 18.2. The highest BCUT2D eigenvalue weighted by molar-refractivity contribution is 6.22. The molecular formula is C59H48Cl2N4O5. The molecule has 4 heterocycles. The van der Waals surface area contributed by atoms with Crippen molar-refractivity contribution in [3.8, 4) is 22.3 Å². The predicted molar refractivity (Wildman–Crippen MR) is 274 cm³/mol. The number of halogens is 2. The molecule has 4 aliphatic rings. The molecule has 348 valence electrons. The minimum atomic E-state index is -0.711. The van der Waals surface area contributed by atoms with Gasteiger partial charge in [0, 0.05) is 47.6 Å². The molecular weight excluding hydrogens is 916 g/mol. The van der Waals surface area contributed by atoms with Crippen LogP contribution in [0.4, 0.5) is 21.0 Å². The lowest BCUT2D eigenvalue weighted by Gasteiger charge is -2.23. The van der Waals surface area contributed by atoms with E-state index < -0.39 is 24.0 Å². The Hall–Kier alpha value is -7.33. The molecule has 2 atom stereocenters. The van der Waals surface area contributed by atoms with Crippen molar-refractivity contribution in [3.05, 3.63) is 225 Å². The summed E-state index contributed by atoms with van der Waals surface area (Å²) in [6, 6.07) is 52.7. The fraction of sp³-hybridized carbons (Fsp3) is 0.203. The quantitative estimate of drug-likeness (QED) is 0.127. The summed E-state index contributed by atoms with van der Waals surface area (Å²) in [5.41, 5.74) is 18.3. The molecule has 0 N–H and O–H groups in total. The number of para-hydroxylation sites is 2. The lowest BCUT2D eigenvalue weighted by molar-refractivity contribution is -0.121. The van der Waals surface area contributed by atoms with Crippen LogP contribution in [0.15, 0.2) is 158 Å². The summed E-state index contributed by atoms with van der Waals surface area (Å²) in [5.74, 6) is -1.47. The number of anilines is 2. The Balaban J connectivity index is 0.783. The van der Waals surface area contributed by atoms with Gasteiger partial charge < -0.3 is 18.6 Å². The number of carbonyl (C=O) groups is 3. The number of alkyl halides is 2. The van der Waals surface area contributed by atoms with Gasteiger partial charge >= 0.3 is 12.2 Å². The highest BCUT2D eigenvalue weighted by Gasteiger charge is 2.36. The van der Waals surface area contributed by atoms with Gasteiger partial charge in [0.05, 0.1) is 36.3 Å². The SMILES string of the molecule is O=C(C(CCl)c1ccc2n1Cc1ccccc1N(C(=O)OCc1cccc3c1Cc1ccccc1-3)C2)C(CCl)c1ccc2n1Cc1ccccc1N(C(=O)OCc1cccc3c1Cc1ccccc1-3)C2. The summed E-state index contributed by atoms with van der Waals surface area (Å²) in [5, 5.41) is 0. The maximum Gasteiger partial charge on any atom is 0.414 e. The van der Waals surface area contributed by atoms with Gasteiger partial charge in [-0.05, 0) is 116 Å². The summed E-state index contributed by atoms with van der Waals surface area (Å²) < 4.78 is 16.5. The summed E-state index contributed by atoms with van der Waals surface area (Å²) in [4.78, 5) is 46.8. The molecule has 2 amide bonds. The number of Topliss-reactive ketones (excluding diaryl/α,β-unsaturated/α-hetero) is 1. The van der Waals surface area contributed by atoms with E-state index in [-0.39, 0.29) is 43.8 Å². The first kappa shape index (κ1) is 43.9. The van der Waals surface area contributed by atoms with E-state index in [0.717, 1.165) is 69.2 Å². The number of carbonyl (C=O) groups excluding carboxylic acids is 3. The fourth-order valence-corrected chi connectivity index (χ4v) is 11.9. The number of ether oxygens (including phenoxy) is 2. The summed E-state index contributed by atoms with van der Waals surface area (Å²) in [6.07, 6.45) is 0.710. The van der Waals surface area contributed by atoms with E-state index in [2.05, 4.69) is 69.8 Å². The van der Waals surface area contributed by atoms with Crippen molar-refractivity contribution in [2.45, 2.75) is 64.1 Å². The van der Waals surface area contributed by atoms with Gasteiger partial charge in [0.2, 0.25) is 0 Å². The number of aromatic nitrogens is 2. The van der Waals surface area contributed by atoms with Gasteiger partial charge in [0.1, 0.15) is 13.2 Å². The van der Waals surface area contributed by atoms with Crippen molar-refractivity contribution in [2.24, 2.45) is 0 Å². The molecule has 6 aromatic carbocycles. The molecule has 2 aliphatic heterocycles. The van der Waals surface area contributed by atoms with Crippen LogP contribution in [0.2, 0.25) is 0 Å². The van der Waals surface area contributed by atoms with Crippen LogP contribution in [0.5, 0.6) is 0 Å². The summed E-state index contributed by atoms with van der Waals surface area (Å²) in [6.45, 7) is 1.63. The normalized spacial score (nSPS) is 14.6. The first-order chi connectivity index (χ1) is 34.4. The number of rotatable bonds is 10. The van der Waals surface area contributed by atoms with Gasteiger partial charge in [-0.1, -0.05) is 121 Å². The molecule has 0 bridgehead atoms. The van der Waals surface area contributed by atoms with Crippen molar-refractivity contribution in [2.75, 3.05) is 21.6 Å². The van der Waals surface area contributed by atoms with Crippen molar-refractivity contribution in [1.82, 2.24) is 9.13 Å². The van der Waals surface area contributed by atoms with Crippen LogP contribution in [-0.4, -0.2) is 38.9 Å². The number of benzene rings is 6. The topological polar surface area (TPSA) is 86.0 Å². The van der Waals surface area contributed by atoms with Crippen molar-refractivity contribution >= 4 is 52.5 Å². The van der Waals surface area contributed by atoms with Crippen molar-refractivity contribution in [3.63, 3.8) is 0 Å². The Morgan fingerprint density at radius 3 is 1.29 bits per heavy atom. The van der Waals surface area contributed by atoms with E-state index in [9.17, 15) is 9.59 Å². The van der Waals surface area contributed by atoms with Crippen LogP contribution in [0.3, 0.4) is 0 Å². The predicted octanol–water partition coefficient (Wildman–Crippen LogP) is 12.8. The molecule has 0 radical (unpaired) electrons. The van der Waals surface area contributed by atoms with Gasteiger partial charge in [0.15, 0.2) is 5.78 Å². The lowest BCUT2D eigenvalue weighted by Crippen LogP contribution is -2.31. The molecule has 11 heteroatoms. The smallest absolute Gasteiger partial charge is 0.414 e. The van der Waals surface area contributed by atoms with Gasteiger partial charge in [-0.15, -0.1) is 23.2 Å². The first-order valence-corrected chi connectivity index (χ1v) is 24.9. The van der Waals surface area contributed by atoms with Crippen LogP contribution in [0.1, 0.15) is 79.1 Å². The molecule has 0 spiro atoms. The minimum absolute atomic E-state index is 0.0288. The molecule has 2 unspecified atom stereocenters. The number of ketones is 1. The average Bonchev–Trinajstić information content (AvgIpc) is 4.13. The van der Waals surface area contributed by atoms with E-state index in [1.807, 2.05) is 97.1 Å². The Bertz CT molecular complexity index is 3170. The molecule has 0 saturated heterocycles. The zero-order valence-electron chi connectivity index (χ0n) is 38.3. The zero-order chi connectivity index (χ0) is 47.5. The third-order valence-corrected chi connectivity index (χ3v) is 15.4. The summed E-state index contributed by atoms with van der Waals surface area (Å²) >= 11 is 13.7. The Morgan fingerprint density at radius 2 is 0.843 bits per heavy atom. The summed E-state index contributed by atoms with van der Waals surface area (Å²) in [7, 11) is 0. The largest absolute Gasteiger partial charge is 0.444 e. The van der Waals surface area contributed by atoms with E-state index in [0.29, 0.717) is 13.1 Å². The molecule has 12 rings (SSSR count).